The largest absolute Gasteiger partial charge is 0.389 e. The SMILES string of the molecule is CC1(C)CN(C(=O)c2cccc(C(N)=S)c2)CCS1. The summed E-state index contributed by atoms with van der Waals surface area (Å²) in [6.07, 6.45) is 0. The molecule has 0 aromatic heterocycles. The minimum Gasteiger partial charge on any atom is -0.389 e. The Kier molecular flexibility index (Phi) is 4.16. The minimum atomic E-state index is 0.0616. The fourth-order valence-corrected chi connectivity index (χ4v) is 3.42. The molecule has 1 aromatic rings. The Bertz CT molecular complexity index is 514. The summed E-state index contributed by atoms with van der Waals surface area (Å²) in [5.41, 5.74) is 7.01. The molecule has 19 heavy (non-hydrogen) atoms. The van der Waals surface area contributed by atoms with E-state index in [0.717, 1.165) is 24.4 Å². The number of rotatable bonds is 2. The van der Waals surface area contributed by atoms with Crippen LogP contribution in [0.3, 0.4) is 0 Å². The average Bonchev–Trinajstić information content (AvgIpc) is 2.37. The predicted molar refractivity (Wildman–Crippen MR) is 84.8 cm³/mol. The molecule has 0 bridgehead atoms. The summed E-state index contributed by atoms with van der Waals surface area (Å²) < 4.78 is 0.120. The van der Waals surface area contributed by atoms with Gasteiger partial charge >= 0.3 is 0 Å². The lowest BCUT2D eigenvalue weighted by Gasteiger charge is -2.37. The van der Waals surface area contributed by atoms with Gasteiger partial charge in [0.1, 0.15) is 4.99 Å². The number of carbonyl (C=O) groups excluding carboxylic acids is 1. The summed E-state index contributed by atoms with van der Waals surface area (Å²) in [5.74, 6) is 1.04. The summed E-state index contributed by atoms with van der Waals surface area (Å²) in [5, 5.41) is 0. The molecule has 5 heteroatoms. The zero-order valence-electron chi connectivity index (χ0n) is 11.2. The fourth-order valence-electron chi connectivity index (χ4n) is 2.18. The second-order valence-corrected chi connectivity index (χ2v) is 7.52. The van der Waals surface area contributed by atoms with Gasteiger partial charge in [0.05, 0.1) is 0 Å². The average molecular weight is 294 g/mol. The molecule has 1 heterocycles. The van der Waals surface area contributed by atoms with Gasteiger partial charge in [-0.15, -0.1) is 0 Å². The highest BCUT2D eigenvalue weighted by atomic mass is 32.2. The normalized spacial score (nSPS) is 18.1. The molecule has 1 fully saturated rings. The van der Waals surface area contributed by atoms with Crippen LogP contribution in [0.4, 0.5) is 0 Å². The van der Waals surface area contributed by atoms with Gasteiger partial charge in [-0.05, 0) is 26.0 Å². The third-order valence-electron chi connectivity index (χ3n) is 3.11. The number of thioether (sulfide) groups is 1. The maximum Gasteiger partial charge on any atom is 0.253 e. The molecule has 1 aliphatic heterocycles. The number of benzene rings is 1. The maximum atomic E-state index is 12.5. The third kappa shape index (κ3) is 3.48. The topological polar surface area (TPSA) is 46.3 Å². The summed E-state index contributed by atoms with van der Waals surface area (Å²) >= 11 is 6.86. The Hall–Kier alpha value is -1.07. The third-order valence-corrected chi connectivity index (χ3v) is 4.64. The summed E-state index contributed by atoms with van der Waals surface area (Å²) in [6, 6.07) is 7.25. The van der Waals surface area contributed by atoms with Crippen molar-refractivity contribution in [1.82, 2.24) is 4.90 Å². The van der Waals surface area contributed by atoms with Crippen LogP contribution in [-0.2, 0) is 0 Å². The molecule has 102 valence electrons. The summed E-state index contributed by atoms with van der Waals surface area (Å²) in [6.45, 7) is 5.91. The van der Waals surface area contributed by atoms with Gasteiger partial charge in [-0.3, -0.25) is 4.79 Å². The standard InChI is InChI=1S/C14H18N2OS2/c1-14(2)9-16(6-7-19-14)13(17)11-5-3-4-10(8-11)12(15)18/h3-5,8H,6-7,9H2,1-2H3,(H2,15,18). The second kappa shape index (κ2) is 5.51. The van der Waals surface area contributed by atoms with Gasteiger partial charge < -0.3 is 10.6 Å². The van der Waals surface area contributed by atoms with Crippen molar-refractivity contribution in [3.8, 4) is 0 Å². The summed E-state index contributed by atoms with van der Waals surface area (Å²) in [7, 11) is 0. The molecule has 1 aliphatic rings. The predicted octanol–water partition coefficient (Wildman–Crippen LogP) is 2.29. The highest BCUT2D eigenvalue weighted by Crippen LogP contribution is 2.30. The first-order valence-electron chi connectivity index (χ1n) is 6.22. The molecule has 0 atom stereocenters. The van der Waals surface area contributed by atoms with Crippen LogP contribution in [-0.4, -0.2) is 39.4 Å². The van der Waals surface area contributed by atoms with Gasteiger partial charge in [-0.25, -0.2) is 0 Å². The van der Waals surface area contributed by atoms with Crippen molar-refractivity contribution in [2.75, 3.05) is 18.8 Å². The van der Waals surface area contributed by atoms with E-state index in [1.807, 2.05) is 34.9 Å². The molecule has 2 rings (SSSR count). The van der Waals surface area contributed by atoms with Crippen LogP contribution in [0.15, 0.2) is 24.3 Å². The van der Waals surface area contributed by atoms with Crippen LogP contribution in [0.25, 0.3) is 0 Å². The number of hydrogen-bond donors (Lipinski definition) is 1. The Labute approximate surface area is 123 Å². The van der Waals surface area contributed by atoms with Crippen molar-refractivity contribution >= 4 is 34.9 Å². The Morgan fingerprint density at radius 2 is 2.11 bits per heavy atom. The highest BCUT2D eigenvalue weighted by Gasteiger charge is 2.30. The van der Waals surface area contributed by atoms with Gasteiger partial charge in [0.15, 0.2) is 0 Å². The van der Waals surface area contributed by atoms with Gasteiger partial charge in [0.25, 0.3) is 5.91 Å². The van der Waals surface area contributed by atoms with Crippen LogP contribution in [0.2, 0.25) is 0 Å². The van der Waals surface area contributed by atoms with Crippen molar-refractivity contribution < 1.29 is 4.79 Å². The van der Waals surface area contributed by atoms with E-state index >= 15 is 0 Å². The Morgan fingerprint density at radius 1 is 1.42 bits per heavy atom. The Morgan fingerprint density at radius 3 is 2.74 bits per heavy atom. The number of nitrogens with zero attached hydrogens (tertiary/aromatic N) is 1. The van der Waals surface area contributed by atoms with Gasteiger partial charge in [-0.1, -0.05) is 24.4 Å². The van der Waals surface area contributed by atoms with Crippen molar-refractivity contribution in [1.29, 1.82) is 0 Å². The molecular weight excluding hydrogens is 276 g/mol. The van der Waals surface area contributed by atoms with Crippen LogP contribution in [0.1, 0.15) is 29.8 Å². The first-order chi connectivity index (χ1) is 8.89. The molecule has 1 amide bonds. The highest BCUT2D eigenvalue weighted by molar-refractivity contribution is 8.00. The number of carbonyl (C=O) groups is 1. The van der Waals surface area contributed by atoms with E-state index in [4.69, 9.17) is 18.0 Å². The first kappa shape index (κ1) is 14.3. The maximum absolute atomic E-state index is 12.5. The van der Waals surface area contributed by atoms with E-state index in [0.29, 0.717) is 10.6 Å². The zero-order chi connectivity index (χ0) is 14.0. The van der Waals surface area contributed by atoms with E-state index < -0.39 is 0 Å². The van der Waals surface area contributed by atoms with Crippen molar-refractivity contribution in [2.45, 2.75) is 18.6 Å². The molecule has 0 spiro atoms. The molecule has 0 unspecified atom stereocenters. The van der Waals surface area contributed by atoms with Crippen molar-refractivity contribution in [3.63, 3.8) is 0 Å². The number of nitrogens with two attached hydrogens (primary N) is 1. The van der Waals surface area contributed by atoms with E-state index in [1.165, 1.54) is 0 Å². The molecule has 1 aromatic carbocycles. The number of thiocarbonyl (C=S) groups is 1. The van der Waals surface area contributed by atoms with E-state index in [1.54, 1.807) is 6.07 Å². The quantitative estimate of drug-likeness (QED) is 0.850. The zero-order valence-corrected chi connectivity index (χ0v) is 12.8. The van der Waals surface area contributed by atoms with Crippen LogP contribution >= 0.6 is 24.0 Å². The smallest absolute Gasteiger partial charge is 0.253 e. The van der Waals surface area contributed by atoms with E-state index in [-0.39, 0.29) is 10.7 Å². The molecule has 0 aliphatic carbocycles. The van der Waals surface area contributed by atoms with Gasteiger partial charge in [0.2, 0.25) is 0 Å². The minimum absolute atomic E-state index is 0.0616. The first-order valence-corrected chi connectivity index (χ1v) is 7.61. The summed E-state index contributed by atoms with van der Waals surface area (Å²) in [4.78, 5) is 14.7. The molecule has 2 N–H and O–H groups in total. The van der Waals surface area contributed by atoms with Gasteiger partial charge in [-0.2, -0.15) is 11.8 Å². The second-order valence-electron chi connectivity index (χ2n) is 5.28. The lowest BCUT2D eigenvalue weighted by atomic mass is 10.1. The number of amides is 1. The van der Waals surface area contributed by atoms with Gasteiger partial charge in [0, 0.05) is 34.7 Å². The molecule has 0 saturated carbocycles. The molecule has 0 radical (unpaired) electrons. The lowest BCUT2D eigenvalue weighted by molar-refractivity contribution is 0.0748. The van der Waals surface area contributed by atoms with Crippen molar-refractivity contribution in [3.05, 3.63) is 35.4 Å². The van der Waals surface area contributed by atoms with E-state index in [9.17, 15) is 4.79 Å². The molecular formula is C14H18N2OS2. The molecule has 3 nitrogen and oxygen atoms in total. The molecule has 1 saturated heterocycles. The monoisotopic (exact) mass is 294 g/mol. The lowest BCUT2D eigenvalue weighted by Crippen LogP contribution is -2.46. The fraction of sp³-hybridized carbons (Fsp3) is 0.429. The van der Waals surface area contributed by atoms with Crippen LogP contribution in [0, 0.1) is 0 Å². The van der Waals surface area contributed by atoms with E-state index in [2.05, 4.69) is 13.8 Å². The van der Waals surface area contributed by atoms with Crippen LogP contribution < -0.4 is 5.73 Å². The Balaban J connectivity index is 2.19. The van der Waals surface area contributed by atoms with Crippen molar-refractivity contribution in [2.24, 2.45) is 5.73 Å². The van der Waals surface area contributed by atoms with Crippen LogP contribution in [0.5, 0.6) is 0 Å². The number of hydrogen-bond acceptors (Lipinski definition) is 3.